The Bertz CT molecular complexity index is 1210. The molecule has 1 fully saturated rings. The summed E-state index contributed by atoms with van der Waals surface area (Å²) in [5.74, 6) is 5.05. The predicted molar refractivity (Wildman–Crippen MR) is 113 cm³/mol. The minimum absolute atomic E-state index is 0.0181. The van der Waals surface area contributed by atoms with Crippen LogP contribution in [0.5, 0.6) is 0 Å². The molecule has 0 bridgehead atoms. The summed E-state index contributed by atoms with van der Waals surface area (Å²) in [6.45, 7) is 7.76. The number of hydrogen-bond acceptors (Lipinski definition) is 5. The molecule has 0 unspecified atom stereocenters. The van der Waals surface area contributed by atoms with Crippen LogP contribution in [-0.4, -0.2) is 54.8 Å². The van der Waals surface area contributed by atoms with E-state index < -0.39 is 11.4 Å². The molecular weight excluding hydrogens is 411 g/mol. The zero-order chi connectivity index (χ0) is 22.6. The molecular formula is C23H19FN6O2. The molecule has 1 aliphatic heterocycles. The second-order valence-corrected chi connectivity index (χ2v) is 7.54. The largest absolute Gasteiger partial charge is 0.377 e. The smallest absolute Gasteiger partial charge is 0.226 e. The van der Waals surface area contributed by atoms with Gasteiger partial charge in [-0.05, 0) is 46.3 Å². The molecule has 1 saturated heterocycles. The quantitative estimate of drug-likeness (QED) is 0.509. The van der Waals surface area contributed by atoms with Crippen LogP contribution in [0.1, 0.15) is 24.0 Å². The van der Waals surface area contributed by atoms with Crippen molar-refractivity contribution in [3.05, 3.63) is 77.2 Å². The molecule has 3 aromatic rings. The molecule has 32 heavy (non-hydrogen) atoms. The van der Waals surface area contributed by atoms with Gasteiger partial charge in [-0.2, -0.15) is 0 Å². The number of carbonyl (C=O) groups excluding carboxylic acids is 1. The number of aliphatic hydroxyl groups is 1. The first-order valence-electron chi connectivity index (χ1n) is 9.98. The van der Waals surface area contributed by atoms with Gasteiger partial charge >= 0.3 is 0 Å². The molecule has 0 saturated carbocycles. The number of piperidine rings is 1. The molecule has 2 heterocycles. The Morgan fingerprint density at radius 3 is 2.62 bits per heavy atom. The third-order valence-corrected chi connectivity index (χ3v) is 5.35. The summed E-state index contributed by atoms with van der Waals surface area (Å²) in [5.41, 5.74) is 0.818. The number of benzene rings is 2. The number of hydrogen-bond donors (Lipinski definition) is 1. The van der Waals surface area contributed by atoms with Crippen molar-refractivity contribution in [1.29, 1.82) is 0 Å². The zero-order valence-electron chi connectivity index (χ0n) is 17.1. The average molecular weight is 430 g/mol. The summed E-state index contributed by atoms with van der Waals surface area (Å²) in [7, 11) is 0. The molecule has 4 rings (SSSR count). The van der Waals surface area contributed by atoms with Gasteiger partial charge in [0.05, 0.1) is 18.7 Å². The summed E-state index contributed by atoms with van der Waals surface area (Å²) in [4.78, 5) is 17.5. The predicted octanol–water partition coefficient (Wildman–Crippen LogP) is 2.30. The number of halogens is 1. The van der Waals surface area contributed by atoms with Gasteiger partial charge in [0.25, 0.3) is 0 Å². The van der Waals surface area contributed by atoms with Gasteiger partial charge in [-0.3, -0.25) is 4.79 Å². The Kier molecular flexibility index (Phi) is 5.93. The fourth-order valence-electron chi connectivity index (χ4n) is 3.45. The highest BCUT2D eigenvalue weighted by molar-refractivity contribution is 5.79. The number of amides is 1. The molecule has 0 spiro atoms. The maximum atomic E-state index is 13.4. The zero-order valence-corrected chi connectivity index (χ0v) is 17.1. The minimum Gasteiger partial charge on any atom is -0.377 e. The molecule has 0 aliphatic carbocycles. The van der Waals surface area contributed by atoms with Crippen LogP contribution in [0.15, 0.2) is 48.8 Å². The van der Waals surface area contributed by atoms with E-state index in [2.05, 4.69) is 32.2 Å². The van der Waals surface area contributed by atoms with E-state index >= 15 is 0 Å². The maximum absolute atomic E-state index is 13.4. The second kappa shape index (κ2) is 8.96. The highest BCUT2D eigenvalue weighted by Gasteiger charge is 2.32. The number of carbonyl (C=O) groups is 1. The summed E-state index contributed by atoms with van der Waals surface area (Å²) >= 11 is 0. The van der Waals surface area contributed by atoms with Crippen LogP contribution >= 0.6 is 0 Å². The summed E-state index contributed by atoms with van der Waals surface area (Å²) in [6, 6.07) is 11.4. The van der Waals surface area contributed by atoms with Gasteiger partial charge in [-0.1, -0.05) is 24.0 Å². The van der Waals surface area contributed by atoms with E-state index in [9.17, 15) is 14.3 Å². The van der Waals surface area contributed by atoms with Crippen molar-refractivity contribution in [3.63, 3.8) is 0 Å². The Morgan fingerprint density at radius 1 is 1.22 bits per heavy atom. The van der Waals surface area contributed by atoms with Gasteiger partial charge in [0.15, 0.2) is 0 Å². The fraction of sp³-hybridized carbons (Fsp3) is 0.261. The van der Waals surface area contributed by atoms with Crippen LogP contribution in [0.2, 0.25) is 0 Å². The lowest BCUT2D eigenvalue weighted by atomic mass is 9.91. The Balaban J connectivity index is 1.34. The molecule has 2 aromatic carbocycles. The van der Waals surface area contributed by atoms with Crippen molar-refractivity contribution in [2.45, 2.75) is 24.9 Å². The lowest BCUT2D eigenvalue weighted by Crippen LogP contribution is -2.46. The van der Waals surface area contributed by atoms with Gasteiger partial charge in [0.2, 0.25) is 11.6 Å². The molecule has 1 N–H and O–H groups in total. The van der Waals surface area contributed by atoms with Gasteiger partial charge in [0.1, 0.15) is 17.7 Å². The summed E-state index contributed by atoms with van der Waals surface area (Å²) < 4.78 is 15.0. The Hall–Kier alpha value is -4.08. The normalized spacial score (nSPS) is 14.8. The highest BCUT2D eigenvalue weighted by atomic mass is 19.1. The first-order valence-corrected chi connectivity index (χ1v) is 9.98. The number of nitrogens with zero attached hydrogens (tertiary/aromatic N) is 6. The van der Waals surface area contributed by atoms with Crippen molar-refractivity contribution >= 4 is 11.6 Å². The van der Waals surface area contributed by atoms with E-state index in [-0.39, 0.29) is 18.0 Å². The summed E-state index contributed by atoms with van der Waals surface area (Å²) in [5, 5.41) is 21.8. The standard InChI is InChI=1S/C23H19FN6O2/c1-25-21-14-18(4-7-20(21)24)8-9-23(32)10-12-29(13-11-23)22(31)15-17-2-5-19(6-3-17)30-16-26-27-28-30/h2-7,14,16,32H,10-13,15H2. The number of rotatable bonds is 3. The lowest BCUT2D eigenvalue weighted by Gasteiger charge is -2.35. The van der Waals surface area contributed by atoms with E-state index in [1.165, 1.54) is 29.2 Å². The molecule has 0 atom stereocenters. The van der Waals surface area contributed by atoms with Crippen molar-refractivity contribution in [2.75, 3.05) is 13.1 Å². The van der Waals surface area contributed by atoms with Crippen LogP contribution in [0.3, 0.4) is 0 Å². The molecule has 9 heteroatoms. The number of aromatic nitrogens is 4. The van der Waals surface area contributed by atoms with Crippen LogP contribution < -0.4 is 0 Å². The van der Waals surface area contributed by atoms with Crippen LogP contribution in [0.4, 0.5) is 10.1 Å². The second-order valence-electron chi connectivity index (χ2n) is 7.54. The SMILES string of the molecule is [C-]#[N+]c1cc(C#CC2(O)CCN(C(=O)Cc3ccc(-n4cnnn4)cc3)CC2)ccc1F. The third kappa shape index (κ3) is 4.80. The molecule has 1 aromatic heterocycles. The van der Waals surface area contributed by atoms with Crippen molar-refractivity contribution in [1.82, 2.24) is 25.1 Å². The van der Waals surface area contributed by atoms with Crippen LogP contribution in [0, 0.1) is 24.2 Å². The van der Waals surface area contributed by atoms with Crippen molar-refractivity contribution < 1.29 is 14.3 Å². The van der Waals surface area contributed by atoms with Crippen molar-refractivity contribution in [2.24, 2.45) is 0 Å². The number of likely N-dealkylation sites (tertiary alicyclic amines) is 1. The van der Waals surface area contributed by atoms with Gasteiger partial charge < -0.3 is 10.0 Å². The summed E-state index contributed by atoms with van der Waals surface area (Å²) in [6.07, 6.45) is 2.40. The van der Waals surface area contributed by atoms with Crippen LogP contribution in [-0.2, 0) is 11.2 Å². The van der Waals surface area contributed by atoms with Gasteiger partial charge in [0, 0.05) is 31.5 Å². The van der Waals surface area contributed by atoms with E-state index in [0.717, 1.165) is 11.3 Å². The Morgan fingerprint density at radius 2 is 1.97 bits per heavy atom. The third-order valence-electron chi connectivity index (χ3n) is 5.35. The van der Waals surface area contributed by atoms with E-state index in [4.69, 9.17) is 6.57 Å². The van der Waals surface area contributed by atoms with Crippen LogP contribution in [0.25, 0.3) is 10.5 Å². The maximum Gasteiger partial charge on any atom is 0.226 e. The topological polar surface area (TPSA) is 88.5 Å². The molecule has 1 aliphatic rings. The molecule has 1 amide bonds. The Labute approximate surface area is 184 Å². The van der Waals surface area contributed by atoms with E-state index in [0.29, 0.717) is 31.5 Å². The highest BCUT2D eigenvalue weighted by Crippen LogP contribution is 2.23. The average Bonchev–Trinajstić information content (AvgIpc) is 3.34. The monoisotopic (exact) mass is 430 g/mol. The lowest BCUT2D eigenvalue weighted by molar-refractivity contribution is -0.133. The van der Waals surface area contributed by atoms with E-state index in [1.807, 2.05) is 24.3 Å². The first-order chi connectivity index (χ1) is 15.5. The van der Waals surface area contributed by atoms with Gasteiger partial charge in [-0.15, -0.1) is 5.10 Å². The minimum atomic E-state index is -1.23. The molecule has 8 nitrogen and oxygen atoms in total. The molecule has 160 valence electrons. The van der Waals surface area contributed by atoms with E-state index in [1.54, 1.807) is 4.90 Å². The molecule has 0 radical (unpaired) electrons. The van der Waals surface area contributed by atoms with Gasteiger partial charge in [-0.25, -0.2) is 13.9 Å². The number of tetrazole rings is 1. The van der Waals surface area contributed by atoms with Crippen molar-refractivity contribution in [3.8, 4) is 17.5 Å². The fourth-order valence-corrected chi connectivity index (χ4v) is 3.45. The first kappa shape index (κ1) is 21.2.